The maximum atomic E-state index is 13.1. The zero-order valence-corrected chi connectivity index (χ0v) is 20.0. The number of benzene rings is 2. The Labute approximate surface area is 205 Å². The molecule has 1 amide bonds. The predicted octanol–water partition coefficient (Wildman–Crippen LogP) is 5.32. The van der Waals surface area contributed by atoms with Gasteiger partial charge in [-0.05, 0) is 60.2 Å². The molecule has 1 aliphatic heterocycles. The van der Waals surface area contributed by atoms with Crippen LogP contribution < -0.4 is 14.0 Å². The number of hydrogen-bond acceptors (Lipinski definition) is 8. The van der Waals surface area contributed by atoms with Gasteiger partial charge in [-0.1, -0.05) is 11.6 Å². The first-order valence-electron chi connectivity index (χ1n) is 10.5. The molecule has 2 unspecified atom stereocenters. The van der Waals surface area contributed by atoms with Crippen LogP contribution in [0.4, 0.5) is 5.13 Å². The highest BCUT2D eigenvalue weighted by Crippen LogP contribution is 2.36. The molecule has 10 heteroatoms. The van der Waals surface area contributed by atoms with Crippen molar-refractivity contribution < 1.29 is 18.7 Å². The number of halogens is 1. The van der Waals surface area contributed by atoms with Gasteiger partial charge in [0.25, 0.3) is 5.13 Å². The van der Waals surface area contributed by atoms with Crippen molar-refractivity contribution in [1.29, 1.82) is 0 Å². The van der Waals surface area contributed by atoms with Gasteiger partial charge >= 0.3 is 5.91 Å². The standard InChI is InChI=1S/C24H20ClN4O4S/c1-14-10-18(32-17-6-4-16(5-7-17)22-28-27-15(2)31-22)12-19(11-14)33-20-8-9-29(3,23(20)30)24-26-13-21(25)34-24/h1,4-7,10-13,20H,8-9H2,2-3H3/q+1. The van der Waals surface area contributed by atoms with Crippen LogP contribution in [0.2, 0.25) is 4.34 Å². The summed E-state index contributed by atoms with van der Waals surface area (Å²) in [7, 11) is 1.83. The van der Waals surface area contributed by atoms with Crippen molar-refractivity contribution in [2.45, 2.75) is 19.4 Å². The Morgan fingerprint density at radius 1 is 1.15 bits per heavy atom. The zero-order chi connectivity index (χ0) is 23.9. The van der Waals surface area contributed by atoms with Crippen LogP contribution in [0.5, 0.6) is 17.2 Å². The van der Waals surface area contributed by atoms with E-state index in [0.717, 1.165) is 5.56 Å². The molecule has 2 radical (unpaired) electrons. The third-order valence-electron chi connectivity index (χ3n) is 5.53. The van der Waals surface area contributed by atoms with E-state index in [9.17, 15) is 4.79 Å². The fraction of sp³-hybridized carbons (Fsp3) is 0.208. The summed E-state index contributed by atoms with van der Waals surface area (Å²) in [6.07, 6.45) is 1.48. The SMILES string of the molecule is [CH]c1cc(Oc2ccc(-c3nnc(C)o3)cc2)cc(OC2CC[N+](C)(c3ncc(Cl)s3)C2=O)c1. The molecule has 8 nitrogen and oxygen atoms in total. The van der Waals surface area contributed by atoms with E-state index < -0.39 is 6.10 Å². The third kappa shape index (κ3) is 4.42. The average molecular weight is 496 g/mol. The second-order valence-corrected chi connectivity index (χ2v) is 9.73. The van der Waals surface area contributed by atoms with Gasteiger partial charge in [0, 0.05) is 25.0 Å². The molecule has 2 aromatic carbocycles. The van der Waals surface area contributed by atoms with Crippen molar-refractivity contribution in [2.24, 2.45) is 0 Å². The maximum Gasteiger partial charge on any atom is 0.361 e. The maximum absolute atomic E-state index is 13.1. The molecule has 0 saturated carbocycles. The van der Waals surface area contributed by atoms with Crippen LogP contribution in [-0.2, 0) is 4.79 Å². The fourth-order valence-electron chi connectivity index (χ4n) is 3.80. The molecule has 1 saturated heterocycles. The first-order valence-corrected chi connectivity index (χ1v) is 11.7. The monoisotopic (exact) mass is 495 g/mol. The number of likely N-dealkylation sites (tertiary alicyclic amines) is 1. The smallest absolute Gasteiger partial charge is 0.361 e. The molecular weight excluding hydrogens is 476 g/mol. The fourth-order valence-corrected chi connectivity index (χ4v) is 4.82. The minimum absolute atomic E-state index is 0.0552. The molecule has 0 aliphatic carbocycles. The second-order valence-electron chi connectivity index (χ2n) is 8.09. The summed E-state index contributed by atoms with van der Waals surface area (Å²) in [5.74, 6) is 2.40. The number of likely N-dealkylation sites (N-methyl/N-ethyl adjacent to an activating group) is 1. The number of hydrogen-bond donors (Lipinski definition) is 0. The molecule has 34 heavy (non-hydrogen) atoms. The molecule has 0 N–H and O–H groups in total. The Morgan fingerprint density at radius 3 is 2.59 bits per heavy atom. The first-order chi connectivity index (χ1) is 16.3. The van der Waals surface area contributed by atoms with Gasteiger partial charge in [-0.25, -0.2) is 9.28 Å². The van der Waals surface area contributed by atoms with Crippen LogP contribution in [0.1, 0.15) is 17.9 Å². The van der Waals surface area contributed by atoms with Gasteiger partial charge in [0.05, 0.1) is 19.8 Å². The van der Waals surface area contributed by atoms with Crippen LogP contribution in [0.25, 0.3) is 11.5 Å². The number of carbonyl (C=O) groups excluding carboxylic acids is 1. The summed E-state index contributed by atoms with van der Waals surface area (Å²) in [5.41, 5.74) is 1.24. The number of nitrogens with zero attached hydrogens (tertiary/aromatic N) is 4. The van der Waals surface area contributed by atoms with E-state index in [1.807, 2.05) is 19.2 Å². The summed E-state index contributed by atoms with van der Waals surface area (Å²) in [5, 5.41) is 8.50. The summed E-state index contributed by atoms with van der Waals surface area (Å²) in [6.45, 7) is 8.38. The van der Waals surface area contributed by atoms with E-state index in [2.05, 4.69) is 15.2 Å². The molecule has 2 atom stereocenters. The zero-order valence-electron chi connectivity index (χ0n) is 18.4. The van der Waals surface area contributed by atoms with Crippen LogP contribution in [0, 0.1) is 13.8 Å². The van der Waals surface area contributed by atoms with Gasteiger partial charge in [-0.3, -0.25) is 0 Å². The van der Waals surface area contributed by atoms with Crippen molar-refractivity contribution in [3.05, 3.63) is 71.4 Å². The predicted molar refractivity (Wildman–Crippen MR) is 128 cm³/mol. The molecule has 5 rings (SSSR count). The van der Waals surface area contributed by atoms with E-state index in [-0.39, 0.29) is 10.4 Å². The molecule has 172 valence electrons. The van der Waals surface area contributed by atoms with Gasteiger partial charge in [0.15, 0.2) is 0 Å². The van der Waals surface area contributed by atoms with Gasteiger partial charge in [-0.15, -0.1) is 10.2 Å². The quantitative estimate of drug-likeness (QED) is 0.334. The summed E-state index contributed by atoms with van der Waals surface area (Å²) in [4.78, 5) is 17.4. The van der Waals surface area contributed by atoms with Crippen molar-refractivity contribution in [3.8, 4) is 28.7 Å². The van der Waals surface area contributed by atoms with E-state index in [1.165, 1.54) is 11.3 Å². The Bertz CT molecular complexity index is 1350. The second kappa shape index (κ2) is 8.83. The Hall–Kier alpha value is -3.27. The lowest BCUT2D eigenvalue weighted by Crippen LogP contribution is -2.49. The number of rotatable bonds is 6. The number of amides is 1. The molecule has 2 aromatic heterocycles. The van der Waals surface area contributed by atoms with Crippen molar-refractivity contribution in [2.75, 3.05) is 13.6 Å². The van der Waals surface area contributed by atoms with Crippen molar-refractivity contribution >= 4 is 34.0 Å². The molecule has 0 bridgehead atoms. The third-order valence-corrected chi connectivity index (χ3v) is 6.85. The first kappa shape index (κ1) is 22.5. The highest BCUT2D eigenvalue weighted by molar-refractivity contribution is 7.19. The number of ether oxygens (including phenoxy) is 2. The summed E-state index contributed by atoms with van der Waals surface area (Å²) >= 11 is 7.32. The van der Waals surface area contributed by atoms with Crippen LogP contribution >= 0.6 is 22.9 Å². The highest BCUT2D eigenvalue weighted by Gasteiger charge is 2.50. The minimum Gasteiger partial charge on any atom is -0.476 e. The van der Waals surface area contributed by atoms with Gasteiger partial charge < -0.3 is 13.9 Å². The average Bonchev–Trinajstić information content (AvgIpc) is 3.51. The lowest BCUT2D eigenvalue weighted by atomic mass is 10.2. The minimum atomic E-state index is -0.625. The number of aryl methyl sites for hydroxylation is 1. The topological polar surface area (TPSA) is 87.3 Å². The number of quaternary nitrogens is 1. The Balaban J connectivity index is 1.30. The Morgan fingerprint density at radius 2 is 1.91 bits per heavy atom. The van der Waals surface area contributed by atoms with Crippen molar-refractivity contribution in [1.82, 2.24) is 19.7 Å². The van der Waals surface area contributed by atoms with Crippen LogP contribution in [0.3, 0.4) is 0 Å². The molecule has 0 spiro atoms. The lowest BCUT2D eigenvalue weighted by Gasteiger charge is -2.22. The van der Waals surface area contributed by atoms with Crippen LogP contribution in [0.15, 0.2) is 53.1 Å². The van der Waals surface area contributed by atoms with Gasteiger partial charge in [0.2, 0.25) is 17.9 Å². The van der Waals surface area contributed by atoms with Crippen LogP contribution in [-0.4, -0.2) is 40.8 Å². The molecule has 4 aromatic rings. The van der Waals surface area contributed by atoms with Gasteiger partial charge in [-0.2, -0.15) is 4.98 Å². The molecule has 3 heterocycles. The number of thiazole rings is 1. The van der Waals surface area contributed by atoms with Gasteiger partial charge in [0.1, 0.15) is 21.6 Å². The van der Waals surface area contributed by atoms with E-state index in [4.69, 9.17) is 32.4 Å². The normalized spacial score (nSPS) is 20.0. The number of carbonyl (C=O) groups is 1. The van der Waals surface area contributed by atoms with E-state index in [0.29, 0.717) is 57.0 Å². The summed E-state index contributed by atoms with van der Waals surface area (Å²) in [6, 6.07) is 12.3. The van der Waals surface area contributed by atoms with Crippen molar-refractivity contribution in [3.63, 3.8) is 0 Å². The van der Waals surface area contributed by atoms with E-state index in [1.54, 1.807) is 43.5 Å². The Kier molecular flexibility index (Phi) is 5.85. The lowest BCUT2D eigenvalue weighted by molar-refractivity contribution is -0.131. The number of aromatic nitrogens is 3. The molecular formula is C24H20ClN4O4S+. The molecule has 1 fully saturated rings. The highest BCUT2D eigenvalue weighted by atomic mass is 35.5. The van der Waals surface area contributed by atoms with E-state index >= 15 is 0 Å². The summed E-state index contributed by atoms with van der Waals surface area (Å²) < 4.78 is 18.0. The largest absolute Gasteiger partial charge is 0.476 e. The molecule has 1 aliphatic rings.